The lowest BCUT2D eigenvalue weighted by Crippen LogP contribution is -2.25. The highest BCUT2D eigenvalue weighted by Gasteiger charge is 2.31. The number of carbonyl (C=O) groups excluding carboxylic acids is 1. The van der Waals surface area contributed by atoms with Crippen molar-refractivity contribution < 1.29 is 18.0 Å². The van der Waals surface area contributed by atoms with Gasteiger partial charge in [-0.3, -0.25) is 14.2 Å². The minimum absolute atomic E-state index is 0.165. The van der Waals surface area contributed by atoms with Gasteiger partial charge >= 0.3 is 6.18 Å². The van der Waals surface area contributed by atoms with Crippen LogP contribution in [0.25, 0.3) is 0 Å². The Kier molecular flexibility index (Phi) is 6.02. The smallest absolute Gasteiger partial charge is 0.291 e. The number of amides is 1. The number of unbranched alkanes of at least 4 members (excludes halogenated alkanes) is 1. The van der Waals surface area contributed by atoms with E-state index in [0.717, 1.165) is 36.7 Å². The maximum Gasteiger partial charge on any atom is 0.416 e. The zero-order valence-corrected chi connectivity index (χ0v) is 16.3. The van der Waals surface area contributed by atoms with Gasteiger partial charge in [0.1, 0.15) is 0 Å². The monoisotopic (exact) mass is 380 g/mol. The van der Waals surface area contributed by atoms with Crippen LogP contribution in [0.4, 0.5) is 13.2 Å². The molecule has 0 N–H and O–H groups in total. The molecule has 0 aliphatic rings. The molecule has 4 nitrogen and oxygen atoms in total. The fourth-order valence-corrected chi connectivity index (χ4v) is 2.87. The third-order valence-electron chi connectivity index (χ3n) is 4.31. The summed E-state index contributed by atoms with van der Waals surface area (Å²) in [6, 6.07) is 7.15. The number of aromatic nitrogens is 2. The summed E-state index contributed by atoms with van der Waals surface area (Å²) in [5, 5.41) is 0. The van der Waals surface area contributed by atoms with Gasteiger partial charge in [-0.15, -0.1) is 0 Å². The average Bonchev–Trinajstić information content (AvgIpc) is 2.88. The van der Waals surface area contributed by atoms with E-state index in [1.54, 1.807) is 0 Å². The number of carbonyl (C=O) groups is 1. The number of benzene rings is 1. The molecule has 1 radical (unpaired) electrons. The van der Waals surface area contributed by atoms with Crippen LogP contribution in [0.5, 0.6) is 0 Å². The van der Waals surface area contributed by atoms with Gasteiger partial charge < -0.3 is 0 Å². The summed E-state index contributed by atoms with van der Waals surface area (Å²) in [4.78, 5) is 16.6. The Morgan fingerprint density at radius 2 is 1.89 bits per heavy atom. The molecule has 0 spiro atoms. The molecule has 2 rings (SSSR count). The molecule has 1 amide bonds. The van der Waals surface area contributed by atoms with E-state index < -0.39 is 17.6 Å². The van der Waals surface area contributed by atoms with Crippen LogP contribution in [-0.2, 0) is 25.2 Å². The molecule has 2 aromatic rings. The van der Waals surface area contributed by atoms with E-state index in [1.165, 1.54) is 0 Å². The molecule has 1 heterocycles. The van der Waals surface area contributed by atoms with Gasteiger partial charge in [0.25, 0.3) is 5.91 Å². The number of nitrogens with zero attached hydrogens (tertiary/aromatic N) is 3. The van der Waals surface area contributed by atoms with Crippen molar-refractivity contribution in [3.63, 3.8) is 0 Å². The van der Waals surface area contributed by atoms with Crippen LogP contribution in [0.15, 0.2) is 29.3 Å². The van der Waals surface area contributed by atoms with E-state index in [-0.39, 0.29) is 11.0 Å². The Bertz CT molecular complexity index is 883. The first-order chi connectivity index (χ1) is 12.4. The SMILES string of the molecule is CCCCn1c(=NC(=O)c2[c]ccc(C(F)(F)F)c2)cc(C(C)(C)C)n1C. The Balaban J connectivity index is 2.53. The Morgan fingerprint density at radius 3 is 2.44 bits per heavy atom. The highest BCUT2D eigenvalue weighted by Crippen LogP contribution is 2.29. The molecule has 0 bridgehead atoms. The van der Waals surface area contributed by atoms with Crippen LogP contribution in [0.1, 0.15) is 62.2 Å². The minimum Gasteiger partial charge on any atom is -0.291 e. The van der Waals surface area contributed by atoms with Crippen molar-refractivity contribution >= 4 is 5.91 Å². The fraction of sp³-hybridized carbons (Fsp3) is 0.500. The van der Waals surface area contributed by atoms with Gasteiger partial charge in [0, 0.05) is 30.8 Å². The second-order valence-corrected chi connectivity index (χ2v) is 7.54. The second kappa shape index (κ2) is 7.74. The van der Waals surface area contributed by atoms with Crippen molar-refractivity contribution in [2.45, 2.75) is 58.7 Å². The third kappa shape index (κ3) is 4.90. The zero-order valence-electron chi connectivity index (χ0n) is 16.3. The van der Waals surface area contributed by atoms with E-state index in [0.29, 0.717) is 12.0 Å². The van der Waals surface area contributed by atoms with E-state index >= 15 is 0 Å². The lowest BCUT2D eigenvalue weighted by atomic mass is 9.92. The summed E-state index contributed by atoms with van der Waals surface area (Å²) in [5.74, 6) is -0.739. The maximum atomic E-state index is 12.9. The Hall–Kier alpha value is -2.31. The van der Waals surface area contributed by atoms with E-state index in [1.807, 2.05) is 22.5 Å². The zero-order chi connectivity index (χ0) is 20.4. The summed E-state index contributed by atoms with van der Waals surface area (Å²) < 4.78 is 42.5. The summed E-state index contributed by atoms with van der Waals surface area (Å²) in [6.07, 6.45) is -2.65. The van der Waals surface area contributed by atoms with Gasteiger partial charge in [-0.25, -0.2) is 0 Å². The molecule has 0 fully saturated rings. The lowest BCUT2D eigenvalue weighted by Gasteiger charge is -2.20. The Morgan fingerprint density at radius 1 is 1.22 bits per heavy atom. The largest absolute Gasteiger partial charge is 0.416 e. The van der Waals surface area contributed by atoms with Crippen LogP contribution in [-0.4, -0.2) is 15.3 Å². The predicted molar refractivity (Wildman–Crippen MR) is 97.2 cm³/mol. The summed E-state index contributed by atoms with van der Waals surface area (Å²) in [7, 11) is 1.90. The topological polar surface area (TPSA) is 39.3 Å². The van der Waals surface area contributed by atoms with Crippen LogP contribution in [0, 0.1) is 6.07 Å². The van der Waals surface area contributed by atoms with Crippen LogP contribution < -0.4 is 5.49 Å². The molecule has 0 saturated heterocycles. The second-order valence-electron chi connectivity index (χ2n) is 7.54. The quantitative estimate of drug-likeness (QED) is 0.771. The molecule has 7 heteroatoms. The van der Waals surface area contributed by atoms with Gasteiger partial charge in [0.05, 0.1) is 11.1 Å². The highest BCUT2D eigenvalue weighted by atomic mass is 19.4. The molecule has 0 atom stereocenters. The first kappa shape index (κ1) is 21.0. The van der Waals surface area contributed by atoms with Gasteiger partial charge in [0.2, 0.25) is 0 Å². The first-order valence-corrected chi connectivity index (χ1v) is 8.90. The lowest BCUT2D eigenvalue weighted by molar-refractivity contribution is -0.137. The van der Waals surface area contributed by atoms with Crippen molar-refractivity contribution in [1.82, 2.24) is 9.36 Å². The van der Waals surface area contributed by atoms with E-state index in [9.17, 15) is 18.0 Å². The molecule has 0 unspecified atom stereocenters. The average molecular weight is 380 g/mol. The normalized spacial score (nSPS) is 13.3. The van der Waals surface area contributed by atoms with Crippen molar-refractivity contribution in [2.24, 2.45) is 12.0 Å². The van der Waals surface area contributed by atoms with Crippen molar-refractivity contribution in [2.75, 3.05) is 0 Å². The van der Waals surface area contributed by atoms with Gasteiger partial charge in [-0.2, -0.15) is 18.2 Å². The molecule has 0 aliphatic heterocycles. The molecule has 1 aromatic carbocycles. The summed E-state index contributed by atoms with van der Waals surface area (Å²) in [5.41, 5.74) is 0.169. The van der Waals surface area contributed by atoms with Crippen LogP contribution >= 0.6 is 0 Å². The molecule has 0 aliphatic carbocycles. The molecule has 0 saturated carbocycles. The third-order valence-corrected chi connectivity index (χ3v) is 4.31. The number of hydrogen-bond donors (Lipinski definition) is 0. The van der Waals surface area contributed by atoms with E-state index in [4.69, 9.17) is 0 Å². The minimum atomic E-state index is -4.52. The molecule has 27 heavy (non-hydrogen) atoms. The summed E-state index contributed by atoms with van der Waals surface area (Å²) >= 11 is 0. The number of rotatable bonds is 4. The molecule has 1 aromatic heterocycles. The molecular weight excluding hydrogens is 355 g/mol. The van der Waals surface area contributed by atoms with Crippen LogP contribution in [0.3, 0.4) is 0 Å². The number of halogens is 3. The molecular formula is C20H25F3N3O. The van der Waals surface area contributed by atoms with Gasteiger partial charge in [-0.05, 0) is 24.6 Å². The van der Waals surface area contributed by atoms with Gasteiger partial charge in [-0.1, -0.05) is 40.2 Å². The van der Waals surface area contributed by atoms with Crippen molar-refractivity contribution in [3.05, 3.63) is 52.6 Å². The fourth-order valence-electron chi connectivity index (χ4n) is 2.87. The number of hydrogen-bond acceptors (Lipinski definition) is 1. The standard InChI is InChI=1S/C20H25F3N3O/c1-6-7-11-26-17(13-16(25(26)5)19(2,3)4)24-18(27)14-9-8-10-15(12-14)20(21,22)23/h8,10,12-13H,6-7,11H2,1-5H3. The van der Waals surface area contributed by atoms with E-state index in [2.05, 4.69) is 38.8 Å². The van der Waals surface area contributed by atoms with Gasteiger partial charge in [0.15, 0.2) is 5.49 Å². The summed E-state index contributed by atoms with van der Waals surface area (Å²) in [6.45, 7) is 8.89. The molecule has 147 valence electrons. The number of alkyl halides is 3. The maximum absolute atomic E-state index is 12.9. The predicted octanol–water partition coefficient (Wildman–Crippen LogP) is 4.48. The Labute approximate surface area is 157 Å². The van der Waals surface area contributed by atoms with Crippen molar-refractivity contribution in [1.29, 1.82) is 0 Å². The highest BCUT2D eigenvalue weighted by molar-refractivity contribution is 5.94. The van der Waals surface area contributed by atoms with Crippen LogP contribution in [0.2, 0.25) is 0 Å². The van der Waals surface area contributed by atoms with Crippen molar-refractivity contribution in [3.8, 4) is 0 Å². The first-order valence-electron chi connectivity index (χ1n) is 8.90.